The largest absolute Gasteiger partial charge is 0.469 e. The molecule has 0 saturated carbocycles. The average molecular weight is 298 g/mol. The van der Waals surface area contributed by atoms with Gasteiger partial charge < -0.3 is 9.16 Å². The Hall–Kier alpha value is -0.613. The van der Waals surface area contributed by atoms with Crippen LogP contribution in [0.25, 0.3) is 0 Å². The van der Waals surface area contributed by atoms with Crippen LogP contribution in [-0.2, 0) is 14.0 Å². The number of hydrogen-bond acceptors (Lipinski definition) is 3. The number of carbonyl (C=O) groups excluding carboxylic acids is 1. The molecule has 1 aliphatic rings. The Labute approximate surface area is 124 Å². The van der Waals surface area contributed by atoms with Crippen LogP contribution in [0.1, 0.15) is 47.0 Å². The molecule has 20 heavy (non-hydrogen) atoms. The van der Waals surface area contributed by atoms with E-state index in [1.54, 1.807) is 0 Å². The Morgan fingerprint density at radius 1 is 1.40 bits per heavy atom. The van der Waals surface area contributed by atoms with E-state index in [0.717, 1.165) is 12.8 Å². The number of methoxy groups -OCH3 is 1. The third kappa shape index (κ3) is 3.95. The van der Waals surface area contributed by atoms with Crippen molar-refractivity contribution in [3.8, 4) is 0 Å². The Bertz CT molecular complexity index is 393. The van der Waals surface area contributed by atoms with Crippen LogP contribution in [-0.4, -0.2) is 28.0 Å². The number of rotatable bonds is 5. The zero-order valence-electron chi connectivity index (χ0n) is 14.1. The number of hydrogen-bond donors (Lipinski definition) is 0. The van der Waals surface area contributed by atoms with E-state index in [0.29, 0.717) is 13.0 Å². The van der Waals surface area contributed by atoms with Gasteiger partial charge in [-0.2, -0.15) is 0 Å². The molecule has 0 saturated heterocycles. The van der Waals surface area contributed by atoms with E-state index in [-0.39, 0.29) is 16.4 Å². The fourth-order valence-corrected chi connectivity index (χ4v) is 3.22. The summed E-state index contributed by atoms with van der Waals surface area (Å²) in [6, 6.07) is 0. The van der Waals surface area contributed by atoms with Gasteiger partial charge in [0.2, 0.25) is 0 Å². The maximum Gasteiger partial charge on any atom is 0.306 e. The first kappa shape index (κ1) is 17.4. The maximum atomic E-state index is 11.6. The van der Waals surface area contributed by atoms with Crippen molar-refractivity contribution < 1.29 is 14.0 Å². The van der Waals surface area contributed by atoms with Crippen LogP contribution >= 0.6 is 0 Å². The molecule has 0 aromatic rings. The zero-order chi connectivity index (χ0) is 15.6. The second kappa shape index (κ2) is 6.02. The van der Waals surface area contributed by atoms with E-state index < -0.39 is 8.32 Å². The van der Waals surface area contributed by atoms with Crippen LogP contribution in [0.4, 0.5) is 0 Å². The summed E-state index contributed by atoms with van der Waals surface area (Å²) in [6.45, 7) is 14.1. The Morgan fingerprint density at radius 2 is 2.00 bits per heavy atom. The molecule has 1 atom stereocenters. The molecule has 0 bridgehead atoms. The van der Waals surface area contributed by atoms with Gasteiger partial charge in [0.05, 0.1) is 20.1 Å². The summed E-state index contributed by atoms with van der Waals surface area (Å²) in [5, 5.41) is 0.213. The lowest BCUT2D eigenvalue weighted by Gasteiger charge is -2.37. The molecule has 1 rings (SSSR count). The van der Waals surface area contributed by atoms with Crippen molar-refractivity contribution in [3.05, 3.63) is 11.6 Å². The molecule has 0 radical (unpaired) electrons. The summed E-state index contributed by atoms with van der Waals surface area (Å²) in [5.41, 5.74) is 1.18. The fourth-order valence-electron chi connectivity index (χ4n) is 2.27. The van der Waals surface area contributed by atoms with Crippen molar-refractivity contribution in [2.75, 3.05) is 13.7 Å². The van der Waals surface area contributed by atoms with Crippen molar-refractivity contribution in [2.24, 2.45) is 5.41 Å². The minimum atomic E-state index is -1.74. The topological polar surface area (TPSA) is 35.5 Å². The van der Waals surface area contributed by atoms with Gasteiger partial charge in [-0.25, -0.2) is 0 Å². The molecule has 0 aromatic carbocycles. The quantitative estimate of drug-likeness (QED) is 0.431. The molecule has 116 valence electrons. The van der Waals surface area contributed by atoms with Crippen LogP contribution in [0.15, 0.2) is 11.6 Å². The first-order chi connectivity index (χ1) is 9.02. The highest BCUT2D eigenvalue weighted by molar-refractivity contribution is 6.74. The summed E-state index contributed by atoms with van der Waals surface area (Å²) in [7, 11) is -0.286. The third-order valence-corrected chi connectivity index (χ3v) is 9.50. The van der Waals surface area contributed by atoms with Gasteiger partial charge in [-0.1, -0.05) is 33.8 Å². The van der Waals surface area contributed by atoms with Gasteiger partial charge in [0, 0.05) is 5.41 Å². The van der Waals surface area contributed by atoms with Crippen LogP contribution in [0, 0.1) is 5.41 Å². The van der Waals surface area contributed by atoms with E-state index in [1.165, 1.54) is 12.7 Å². The number of carbonyl (C=O) groups is 1. The lowest BCUT2D eigenvalue weighted by molar-refractivity contribution is -0.142. The summed E-state index contributed by atoms with van der Waals surface area (Å²) in [4.78, 5) is 11.6. The van der Waals surface area contributed by atoms with Gasteiger partial charge in [-0.15, -0.1) is 0 Å². The predicted octanol–water partition coefficient (Wildman–Crippen LogP) is 4.30. The standard InChI is InChI=1S/C16H30O3Si/c1-15(2,3)20(6,7)19-12-13-9-8-10-16(13,4)11-14(17)18-5/h9H,8,10-12H2,1-7H3. The van der Waals surface area contributed by atoms with E-state index >= 15 is 0 Å². The minimum absolute atomic E-state index is 0.0878. The van der Waals surface area contributed by atoms with Gasteiger partial charge in [-0.3, -0.25) is 4.79 Å². The Kier molecular flexibility index (Phi) is 5.25. The molecule has 0 N–H and O–H groups in total. The second-order valence-corrected chi connectivity index (χ2v) is 12.4. The van der Waals surface area contributed by atoms with Gasteiger partial charge in [0.25, 0.3) is 0 Å². The molecule has 3 nitrogen and oxygen atoms in total. The van der Waals surface area contributed by atoms with Crippen molar-refractivity contribution in [1.29, 1.82) is 0 Å². The zero-order valence-corrected chi connectivity index (χ0v) is 15.1. The summed E-state index contributed by atoms with van der Waals surface area (Å²) < 4.78 is 11.1. The molecule has 0 heterocycles. The van der Waals surface area contributed by atoms with Crippen LogP contribution in [0.5, 0.6) is 0 Å². The van der Waals surface area contributed by atoms with Gasteiger partial charge >= 0.3 is 5.97 Å². The maximum absolute atomic E-state index is 11.6. The SMILES string of the molecule is COC(=O)CC1(C)CCC=C1CO[Si](C)(C)C(C)(C)C. The van der Waals surface area contributed by atoms with E-state index in [2.05, 4.69) is 46.9 Å². The predicted molar refractivity (Wildman–Crippen MR) is 85.2 cm³/mol. The molecule has 0 spiro atoms. The van der Waals surface area contributed by atoms with Crippen molar-refractivity contribution >= 4 is 14.3 Å². The number of esters is 1. The third-order valence-electron chi connectivity index (χ3n) is 5.02. The van der Waals surface area contributed by atoms with Crippen molar-refractivity contribution in [1.82, 2.24) is 0 Å². The summed E-state index contributed by atoms with van der Waals surface area (Å²) in [5.74, 6) is -0.132. The highest BCUT2D eigenvalue weighted by Gasteiger charge is 2.40. The van der Waals surface area contributed by atoms with E-state index in [9.17, 15) is 4.79 Å². The number of allylic oxidation sites excluding steroid dienone is 1. The monoisotopic (exact) mass is 298 g/mol. The second-order valence-electron chi connectivity index (χ2n) is 7.63. The average Bonchev–Trinajstić information content (AvgIpc) is 2.66. The van der Waals surface area contributed by atoms with E-state index in [1.807, 2.05) is 0 Å². The fraction of sp³-hybridized carbons (Fsp3) is 0.812. The minimum Gasteiger partial charge on any atom is -0.469 e. The molecule has 0 aliphatic heterocycles. The summed E-state index contributed by atoms with van der Waals surface area (Å²) in [6.07, 6.45) is 4.74. The molecule has 1 aliphatic carbocycles. The highest BCUT2D eigenvalue weighted by Crippen LogP contribution is 2.43. The van der Waals surface area contributed by atoms with Gasteiger partial charge in [-0.05, 0) is 36.5 Å². The Balaban J connectivity index is 2.70. The molecule has 4 heteroatoms. The molecule has 0 amide bonds. The first-order valence-corrected chi connectivity index (χ1v) is 10.3. The lowest BCUT2D eigenvalue weighted by atomic mass is 9.80. The van der Waals surface area contributed by atoms with Crippen molar-refractivity contribution in [3.63, 3.8) is 0 Å². The van der Waals surface area contributed by atoms with Gasteiger partial charge in [0.15, 0.2) is 8.32 Å². The number of ether oxygens (including phenoxy) is 1. The smallest absolute Gasteiger partial charge is 0.306 e. The molecule has 1 unspecified atom stereocenters. The first-order valence-electron chi connectivity index (χ1n) is 7.42. The summed E-state index contributed by atoms with van der Waals surface area (Å²) >= 11 is 0. The molecule has 0 aromatic heterocycles. The normalized spacial score (nSPS) is 23.6. The van der Waals surface area contributed by atoms with Crippen LogP contribution in [0.3, 0.4) is 0 Å². The lowest BCUT2D eigenvalue weighted by Crippen LogP contribution is -2.42. The van der Waals surface area contributed by atoms with Crippen molar-refractivity contribution in [2.45, 2.75) is 65.1 Å². The molecule has 0 fully saturated rings. The Morgan fingerprint density at radius 3 is 2.50 bits per heavy atom. The van der Waals surface area contributed by atoms with Crippen LogP contribution in [0.2, 0.25) is 18.1 Å². The highest BCUT2D eigenvalue weighted by atomic mass is 28.4. The van der Waals surface area contributed by atoms with Gasteiger partial charge in [0.1, 0.15) is 0 Å². The van der Waals surface area contributed by atoms with E-state index in [4.69, 9.17) is 9.16 Å². The molecular formula is C16H30O3Si. The molecular weight excluding hydrogens is 268 g/mol. The van der Waals surface area contributed by atoms with Crippen LogP contribution < -0.4 is 0 Å².